The standard InChI is InChI=1S/C53H96O6/c1-4-7-10-13-16-19-22-25-27-29-31-34-37-40-43-46-52(55)58-49-50(48-57-51(54)45-42-39-36-33-30-24-21-18-15-12-9-6-3)59-53(56)47-44-41-38-35-32-28-26-23-20-17-14-11-8-5-2/h8,11,17-18,20-21,50H,4-7,9-10,12-16,19,22-49H2,1-3H3/b11-8-,20-17-,21-18-. The van der Waals surface area contributed by atoms with Crippen LogP contribution < -0.4 is 0 Å². The Morgan fingerprint density at radius 3 is 1.07 bits per heavy atom. The van der Waals surface area contributed by atoms with Crippen LogP contribution in [0.25, 0.3) is 0 Å². The zero-order valence-corrected chi connectivity index (χ0v) is 39.3. The summed E-state index contributed by atoms with van der Waals surface area (Å²) in [5.41, 5.74) is 0. The highest BCUT2D eigenvalue weighted by Gasteiger charge is 2.19. The van der Waals surface area contributed by atoms with E-state index in [0.717, 1.165) is 83.5 Å². The summed E-state index contributed by atoms with van der Waals surface area (Å²) in [5, 5.41) is 0. The van der Waals surface area contributed by atoms with Gasteiger partial charge in [0.2, 0.25) is 0 Å². The van der Waals surface area contributed by atoms with Gasteiger partial charge < -0.3 is 14.2 Å². The van der Waals surface area contributed by atoms with Crippen LogP contribution in [0.5, 0.6) is 0 Å². The molecule has 0 rings (SSSR count). The monoisotopic (exact) mass is 829 g/mol. The summed E-state index contributed by atoms with van der Waals surface area (Å²) in [7, 11) is 0. The fourth-order valence-electron chi connectivity index (χ4n) is 7.30. The van der Waals surface area contributed by atoms with E-state index < -0.39 is 6.10 Å². The third-order valence-corrected chi connectivity index (χ3v) is 11.1. The number of hydrogen-bond donors (Lipinski definition) is 0. The molecule has 0 heterocycles. The number of allylic oxidation sites excluding steroid dienone is 6. The highest BCUT2D eigenvalue weighted by atomic mass is 16.6. The molecule has 0 spiro atoms. The minimum Gasteiger partial charge on any atom is -0.462 e. The second kappa shape index (κ2) is 48.3. The number of unbranched alkanes of at least 4 members (excludes halogenated alkanes) is 29. The van der Waals surface area contributed by atoms with Crippen LogP contribution >= 0.6 is 0 Å². The van der Waals surface area contributed by atoms with Crippen LogP contribution in [0.15, 0.2) is 36.5 Å². The molecule has 0 N–H and O–H groups in total. The van der Waals surface area contributed by atoms with Gasteiger partial charge in [0.25, 0.3) is 0 Å². The largest absolute Gasteiger partial charge is 0.462 e. The first-order valence-corrected chi connectivity index (χ1v) is 25.5. The zero-order valence-electron chi connectivity index (χ0n) is 39.3. The van der Waals surface area contributed by atoms with E-state index in [4.69, 9.17) is 14.2 Å². The third-order valence-electron chi connectivity index (χ3n) is 11.1. The van der Waals surface area contributed by atoms with Crippen LogP contribution in [0.1, 0.15) is 265 Å². The van der Waals surface area contributed by atoms with E-state index in [1.54, 1.807) is 0 Å². The van der Waals surface area contributed by atoms with Crippen molar-refractivity contribution in [1.82, 2.24) is 0 Å². The lowest BCUT2D eigenvalue weighted by molar-refractivity contribution is -0.167. The van der Waals surface area contributed by atoms with Gasteiger partial charge in [0, 0.05) is 19.3 Å². The fourth-order valence-corrected chi connectivity index (χ4v) is 7.30. The number of ether oxygens (including phenoxy) is 3. The first-order valence-electron chi connectivity index (χ1n) is 25.5. The summed E-state index contributed by atoms with van der Waals surface area (Å²) in [5.74, 6) is -0.884. The lowest BCUT2D eigenvalue weighted by Crippen LogP contribution is -2.30. The molecule has 0 aliphatic heterocycles. The predicted molar refractivity (Wildman–Crippen MR) is 252 cm³/mol. The molecule has 0 aromatic rings. The summed E-state index contributed by atoms with van der Waals surface area (Å²) < 4.78 is 16.8. The van der Waals surface area contributed by atoms with Crippen molar-refractivity contribution in [3.8, 4) is 0 Å². The number of rotatable bonds is 46. The van der Waals surface area contributed by atoms with Gasteiger partial charge in [-0.05, 0) is 70.6 Å². The highest BCUT2D eigenvalue weighted by Crippen LogP contribution is 2.16. The molecule has 0 saturated heterocycles. The molecule has 1 atom stereocenters. The molecular formula is C53H96O6. The van der Waals surface area contributed by atoms with Gasteiger partial charge in [-0.3, -0.25) is 14.4 Å². The van der Waals surface area contributed by atoms with Gasteiger partial charge in [-0.2, -0.15) is 0 Å². The van der Waals surface area contributed by atoms with Crippen molar-refractivity contribution < 1.29 is 28.6 Å². The Hall–Kier alpha value is -2.37. The number of esters is 3. The number of carbonyl (C=O) groups is 3. The molecule has 6 nitrogen and oxygen atoms in total. The molecule has 1 unspecified atom stereocenters. The molecule has 0 aliphatic rings. The molecular weight excluding hydrogens is 733 g/mol. The predicted octanol–water partition coefficient (Wildman–Crippen LogP) is 16.5. The van der Waals surface area contributed by atoms with Gasteiger partial charge >= 0.3 is 17.9 Å². The van der Waals surface area contributed by atoms with Gasteiger partial charge in [-0.25, -0.2) is 0 Å². The number of carbonyl (C=O) groups excluding carboxylic acids is 3. The van der Waals surface area contributed by atoms with Crippen LogP contribution in [-0.4, -0.2) is 37.2 Å². The van der Waals surface area contributed by atoms with Gasteiger partial charge in [-0.15, -0.1) is 0 Å². The smallest absolute Gasteiger partial charge is 0.306 e. The Balaban J connectivity index is 4.36. The van der Waals surface area contributed by atoms with E-state index >= 15 is 0 Å². The molecule has 6 heteroatoms. The van der Waals surface area contributed by atoms with Crippen molar-refractivity contribution in [2.45, 2.75) is 271 Å². The van der Waals surface area contributed by atoms with Crippen LogP contribution in [-0.2, 0) is 28.6 Å². The second-order valence-electron chi connectivity index (χ2n) is 17.1. The van der Waals surface area contributed by atoms with Crippen molar-refractivity contribution in [3.05, 3.63) is 36.5 Å². The summed E-state index contributed by atoms with van der Waals surface area (Å²) in [6, 6.07) is 0. The first kappa shape index (κ1) is 56.6. The zero-order chi connectivity index (χ0) is 43.0. The summed E-state index contributed by atoms with van der Waals surface area (Å²) >= 11 is 0. The lowest BCUT2D eigenvalue weighted by Gasteiger charge is -2.18. The lowest BCUT2D eigenvalue weighted by atomic mass is 10.0. The molecule has 59 heavy (non-hydrogen) atoms. The van der Waals surface area contributed by atoms with E-state index in [-0.39, 0.29) is 31.1 Å². The van der Waals surface area contributed by atoms with Crippen molar-refractivity contribution in [2.75, 3.05) is 13.2 Å². The van der Waals surface area contributed by atoms with Gasteiger partial charge in [0.05, 0.1) is 0 Å². The first-order chi connectivity index (χ1) is 29.0. The van der Waals surface area contributed by atoms with Gasteiger partial charge in [0.1, 0.15) is 13.2 Å². The van der Waals surface area contributed by atoms with Crippen LogP contribution in [0, 0.1) is 0 Å². The minimum atomic E-state index is -0.775. The molecule has 0 amide bonds. The SMILES string of the molecule is CC/C=C\C/C=C\CCCCCCCCCC(=O)OC(COC(=O)CCCCCCC/C=C\CCCCC)COC(=O)CCCCCCCCCCCCCCCCC. The van der Waals surface area contributed by atoms with Crippen molar-refractivity contribution in [2.24, 2.45) is 0 Å². The third kappa shape index (κ3) is 46.5. The van der Waals surface area contributed by atoms with Gasteiger partial charge in [-0.1, -0.05) is 211 Å². The Morgan fingerprint density at radius 2 is 0.661 bits per heavy atom. The maximum Gasteiger partial charge on any atom is 0.306 e. The van der Waals surface area contributed by atoms with E-state index in [1.807, 2.05) is 0 Å². The fraction of sp³-hybridized carbons (Fsp3) is 0.830. The van der Waals surface area contributed by atoms with Crippen LogP contribution in [0.3, 0.4) is 0 Å². The maximum atomic E-state index is 12.8. The van der Waals surface area contributed by atoms with Gasteiger partial charge in [0.15, 0.2) is 6.10 Å². The summed E-state index contributed by atoms with van der Waals surface area (Å²) in [6.45, 7) is 6.51. The normalized spacial score (nSPS) is 12.3. The van der Waals surface area contributed by atoms with E-state index in [9.17, 15) is 14.4 Å². The van der Waals surface area contributed by atoms with Crippen LogP contribution in [0.2, 0.25) is 0 Å². The average Bonchev–Trinajstić information content (AvgIpc) is 3.23. The molecule has 344 valence electrons. The topological polar surface area (TPSA) is 78.9 Å². The van der Waals surface area contributed by atoms with E-state index in [0.29, 0.717) is 19.3 Å². The number of hydrogen-bond acceptors (Lipinski definition) is 6. The molecule has 0 bridgehead atoms. The average molecular weight is 829 g/mol. The van der Waals surface area contributed by atoms with Crippen molar-refractivity contribution in [3.63, 3.8) is 0 Å². The quantitative estimate of drug-likeness (QED) is 0.0263. The Kier molecular flexibility index (Phi) is 46.4. The minimum absolute atomic E-state index is 0.0751. The van der Waals surface area contributed by atoms with Crippen LogP contribution in [0.4, 0.5) is 0 Å². The van der Waals surface area contributed by atoms with E-state index in [1.165, 1.54) is 141 Å². The molecule has 0 aromatic carbocycles. The maximum absolute atomic E-state index is 12.8. The molecule has 0 aliphatic carbocycles. The molecule has 0 fully saturated rings. The summed E-state index contributed by atoms with van der Waals surface area (Å²) in [6.07, 6.45) is 55.5. The highest BCUT2D eigenvalue weighted by molar-refractivity contribution is 5.71. The molecule has 0 radical (unpaired) electrons. The Morgan fingerprint density at radius 1 is 0.356 bits per heavy atom. The molecule has 0 aromatic heterocycles. The van der Waals surface area contributed by atoms with Crippen molar-refractivity contribution in [1.29, 1.82) is 0 Å². The van der Waals surface area contributed by atoms with E-state index in [2.05, 4.69) is 57.2 Å². The molecule has 0 saturated carbocycles. The Bertz CT molecular complexity index is 1000. The van der Waals surface area contributed by atoms with Crippen molar-refractivity contribution >= 4 is 17.9 Å². The summed E-state index contributed by atoms with van der Waals surface area (Å²) in [4.78, 5) is 37.9. The second-order valence-corrected chi connectivity index (χ2v) is 17.1. The Labute approximate surface area is 365 Å².